The normalized spacial score (nSPS) is 21.4. The molecule has 0 aromatic heterocycles. The second-order valence-electron chi connectivity index (χ2n) is 7.71. The van der Waals surface area contributed by atoms with E-state index in [1.54, 1.807) is 28.6 Å². The molecular formula is C22H28N2O3S. The zero-order chi connectivity index (χ0) is 19.6. The van der Waals surface area contributed by atoms with E-state index in [-0.39, 0.29) is 5.60 Å². The Morgan fingerprint density at radius 1 is 1.00 bits per heavy atom. The van der Waals surface area contributed by atoms with Crippen molar-refractivity contribution in [3.63, 3.8) is 0 Å². The summed E-state index contributed by atoms with van der Waals surface area (Å²) in [5, 5.41) is 0. The maximum absolute atomic E-state index is 12.9. The minimum atomic E-state index is -3.44. The summed E-state index contributed by atoms with van der Waals surface area (Å²) in [6.07, 6.45) is 3.44. The quantitative estimate of drug-likeness (QED) is 0.725. The predicted molar refractivity (Wildman–Crippen MR) is 111 cm³/mol. The summed E-state index contributed by atoms with van der Waals surface area (Å²) in [6, 6.07) is 16.9. The second-order valence-corrected chi connectivity index (χ2v) is 9.64. The van der Waals surface area contributed by atoms with E-state index in [0.29, 0.717) is 30.8 Å². The van der Waals surface area contributed by atoms with Crippen LogP contribution >= 0.6 is 0 Å². The highest BCUT2D eigenvalue weighted by Crippen LogP contribution is 2.41. The van der Waals surface area contributed by atoms with Crippen LogP contribution in [0.5, 0.6) is 5.75 Å². The molecule has 2 aromatic carbocycles. The lowest BCUT2D eigenvalue weighted by Crippen LogP contribution is -2.51. The van der Waals surface area contributed by atoms with Crippen LogP contribution in [0, 0.1) is 0 Å². The fraction of sp³-hybridized carbons (Fsp3) is 0.455. The minimum absolute atomic E-state index is 0.290. The fourth-order valence-electron chi connectivity index (χ4n) is 4.28. The molecule has 1 unspecified atom stereocenters. The molecule has 0 N–H and O–H groups in total. The van der Waals surface area contributed by atoms with E-state index >= 15 is 0 Å². The van der Waals surface area contributed by atoms with Crippen LogP contribution in [0.2, 0.25) is 0 Å². The highest BCUT2D eigenvalue weighted by Gasteiger charge is 2.44. The van der Waals surface area contributed by atoms with Crippen molar-refractivity contribution in [3.8, 4) is 5.75 Å². The van der Waals surface area contributed by atoms with Gasteiger partial charge in [-0.3, -0.25) is 0 Å². The number of anilines is 1. The third-order valence-corrected chi connectivity index (χ3v) is 7.79. The number of hydrogen-bond donors (Lipinski definition) is 0. The molecule has 4 rings (SSSR count). The molecule has 0 radical (unpaired) electrons. The van der Waals surface area contributed by atoms with Gasteiger partial charge in [-0.1, -0.05) is 41.5 Å². The zero-order valence-corrected chi connectivity index (χ0v) is 17.2. The van der Waals surface area contributed by atoms with Gasteiger partial charge in [-0.2, -0.15) is 0 Å². The van der Waals surface area contributed by atoms with Crippen LogP contribution in [0.4, 0.5) is 5.69 Å². The van der Waals surface area contributed by atoms with Crippen molar-refractivity contribution in [3.05, 3.63) is 54.6 Å². The lowest BCUT2D eigenvalue weighted by atomic mass is 9.88. The highest BCUT2D eigenvalue weighted by molar-refractivity contribution is 7.95. The van der Waals surface area contributed by atoms with Crippen molar-refractivity contribution >= 4 is 16.1 Å². The molecule has 2 aliphatic heterocycles. The molecule has 1 fully saturated rings. The Morgan fingerprint density at radius 2 is 1.64 bits per heavy atom. The van der Waals surface area contributed by atoms with Crippen LogP contribution in [-0.4, -0.2) is 40.6 Å². The Labute approximate surface area is 168 Å². The fourth-order valence-corrected chi connectivity index (χ4v) is 5.74. The van der Waals surface area contributed by atoms with Crippen molar-refractivity contribution in [2.24, 2.45) is 0 Å². The first-order chi connectivity index (χ1) is 13.5. The van der Waals surface area contributed by atoms with Crippen molar-refractivity contribution in [1.82, 2.24) is 4.31 Å². The molecule has 2 aromatic rings. The summed E-state index contributed by atoms with van der Waals surface area (Å²) in [4.78, 5) is 2.77. The molecule has 1 spiro atoms. The minimum Gasteiger partial charge on any atom is -0.593 e. The van der Waals surface area contributed by atoms with Gasteiger partial charge in [-0.15, -0.1) is 4.31 Å². The smallest absolute Gasteiger partial charge is 0.175 e. The Balaban J connectivity index is 1.52. The van der Waals surface area contributed by atoms with Gasteiger partial charge in [0.05, 0.1) is 5.69 Å². The van der Waals surface area contributed by atoms with Gasteiger partial charge in [-0.05, 0) is 30.7 Å². The number of hydrogen-bond acceptors (Lipinski definition) is 4. The number of para-hydroxylation sites is 2. The monoisotopic (exact) mass is 400 g/mol. The largest absolute Gasteiger partial charge is 0.593 e. The number of piperidine rings is 1. The van der Waals surface area contributed by atoms with E-state index in [0.717, 1.165) is 37.4 Å². The number of sulfonamides is 1. The Bertz CT molecular complexity index is 850. The number of nitrogens with zero attached hydrogens (tertiary/aromatic N) is 2. The second kappa shape index (κ2) is 7.85. The average Bonchev–Trinajstić information content (AvgIpc) is 2.87. The van der Waals surface area contributed by atoms with Crippen LogP contribution in [0.15, 0.2) is 59.5 Å². The molecule has 6 heteroatoms. The molecule has 2 aliphatic rings. The molecule has 0 aliphatic carbocycles. The maximum Gasteiger partial charge on any atom is 0.175 e. The Morgan fingerprint density at radius 3 is 2.36 bits per heavy atom. The first-order valence-corrected chi connectivity index (χ1v) is 11.6. The summed E-state index contributed by atoms with van der Waals surface area (Å²) in [5.74, 6) is 0.924. The molecule has 1 saturated heterocycles. The summed E-state index contributed by atoms with van der Waals surface area (Å²) >= 11 is 0. The Kier molecular flexibility index (Phi) is 5.45. The van der Waals surface area contributed by atoms with Crippen LogP contribution in [0.25, 0.3) is 0 Å². The van der Waals surface area contributed by atoms with Gasteiger partial charge in [0.25, 0.3) is 0 Å². The van der Waals surface area contributed by atoms with E-state index in [9.17, 15) is 8.76 Å². The molecule has 1 atom stereocenters. The van der Waals surface area contributed by atoms with Crippen LogP contribution in [-0.2, 0) is 14.6 Å². The van der Waals surface area contributed by atoms with Gasteiger partial charge in [0.15, 0.2) is 15.3 Å². The lowest BCUT2D eigenvalue weighted by Gasteiger charge is -2.41. The van der Waals surface area contributed by atoms with Crippen molar-refractivity contribution in [2.45, 2.75) is 43.1 Å². The van der Waals surface area contributed by atoms with E-state index in [1.807, 2.05) is 18.2 Å². The van der Waals surface area contributed by atoms with Gasteiger partial charge < -0.3 is 14.2 Å². The zero-order valence-electron chi connectivity index (χ0n) is 16.4. The third-order valence-electron chi connectivity index (χ3n) is 5.88. The summed E-state index contributed by atoms with van der Waals surface area (Å²) in [7, 11) is -3.44. The molecule has 28 heavy (non-hydrogen) atoms. The van der Waals surface area contributed by atoms with Gasteiger partial charge in [-0.25, -0.2) is 0 Å². The van der Waals surface area contributed by atoms with Gasteiger partial charge in [0, 0.05) is 45.4 Å². The standard InChI is InChI=1S/C22H28N2O3S/c1-2-15-23-16-12-22(27-21-11-7-6-10-20(21)23)13-17-24(18-14-22)28(25,26)19-8-4-3-5-9-19/h3-11H,2,12-18H2,1H3. The maximum atomic E-state index is 12.9. The lowest BCUT2D eigenvalue weighted by molar-refractivity contribution is 0.0168. The summed E-state index contributed by atoms with van der Waals surface area (Å²) in [6.45, 7) is 5.12. The highest BCUT2D eigenvalue weighted by atomic mass is 32.3. The molecule has 0 amide bonds. The van der Waals surface area contributed by atoms with E-state index in [1.165, 1.54) is 0 Å². The van der Waals surface area contributed by atoms with Crippen LogP contribution in [0.3, 0.4) is 0 Å². The summed E-state index contributed by atoms with van der Waals surface area (Å²) < 4.78 is 34.1. The third kappa shape index (κ3) is 3.69. The number of ether oxygens (including phenoxy) is 1. The van der Waals surface area contributed by atoms with Gasteiger partial charge in [0.1, 0.15) is 11.4 Å². The first kappa shape index (κ1) is 19.4. The average molecular weight is 401 g/mol. The summed E-state index contributed by atoms with van der Waals surface area (Å²) in [5.41, 5.74) is 0.863. The number of benzene rings is 2. The Hall–Kier alpha value is -1.89. The topological polar surface area (TPSA) is 55.8 Å². The number of fused-ring (bicyclic) bond motifs is 1. The SMILES string of the molecule is CCCN1CCC2(CCN([S+](=O)([O-])c3ccccc3)CC2)Oc2ccccc21. The van der Waals surface area contributed by atoms with Crippen molar-refractivity contribution in [1.29, 1.82) is 0 Å². The van der Waals surface area contributed by atoms with E-state index in [4.69, 9.17) is 4.74 Å². The molecule has 0 saturated carbocycles. The van der Waals surface area contributed by atoms with Crippen LogP contribution < -0.4 is 9.64 Å². The first-order valence-electron chi connectivity index (χ1n) is 10.1. The molecule has 0 bridgehead atoms. The molecular weight excluding hydrogens is 372 g/mol. The van der Waals surface area contributed by atoms with Crippen molar-refractivity contribution < 1.29 is 13.5 Å². The van der Waals surface area contributed by atoms with Crippen molar-refractivity contribution in [2.75, 3.05) is 31.1 Å². The number of rotatable bonds is 4. The van der Waals surface area contributed by atoms with Gasteiger partial charge >= 0.3 is 0 Å². The van der Waals surface area contributed by atoms with E-state index in [2.05, 4.69) is 24.0 Å². The van der Waals surface area contributed by atoms with Crippen LogP contribution in [0.1, 0.15) is 32.6 Å². The molecule has 150 valence electrons. The van der Waals surface area contributed by atoms with Gasteiger partial charge in [0.2, 0.25) is 0 Å². The predicted octanol–water partition coefficient (Wildman–Crippen LogP) is 4.12. The molecule has 2 heterocycles. The molecule has 5 nitrogen and oxygen atoms in total. The van der Waals surface area contributed by atoms with E-state index < -0.39 is 10.4 Å².